The molecule has 1 atom stereocenters. The zero-order valence-corrected chi connectivity index (χ0v) is 18.7. The van der Waals surface area contributed by atoms with Crippen molar-refractivity contribution in [3.63, 3.8) is 0 Å². The molecule has 0 spiro atoms. The lowest BCUT2D eigenvalue weighted by Gasteiger charge is -2.12. The van der Waals surface area contributed by atoms with Crippen LogP contribution in [-0.2, 0) is 9.59 Å². The second kappa shape index (κ2) is 9.29. The number of nitrogens with one attached hydrogen (secondary N) is 3. The third-order valence-electron chi connectivity index (χ3n) is 3.77. The number of hydrogen-bond acceptors (Lipinski definition) is 6. The summed E-state index contributed by atoms with van der Waals surface area (Å²) in [6, 6.07) is 10.0. The van der Waals surface area contributed by atoms with E-state index in [0.29, 0.717) is 21.4 Å². The van der Waals surface area contributed by atoms with E-state index < -0.39 is 6.04 Å². The molecule has 0 radical (unpaired) electrons. The average molecular weight is 493 g/mol. The Kier molecular flexibility index (Phi) is 6.78. The molecule has 0 aliphatic heterocycles. The van der Waals surface area contributed by atoms with Gasteiger partial charge >= 0.3 is 0 Å². The smallest absolute Gasteiger partial charge is 0.262 e. The molecule has 3 amide bonds. The first kappa shape index (κ1) is 21.2. The number of benzene rings is 1. The van der Waals surface area contributed by atoms with Crippen molar-refractivity contribution in [2.75, 3.05) is 10.6 Å². The molecular formula is C19H17BrN4O3S2. The Morgan fingerprint density at radius 1 is 1.07 bits per heavy atom. The van der Waals surface area contributed by atoms with Gasteiger partial charge in [0.15, 0.2) is 5.13 Å². The summed E-state index contributed by atoms with van der Waals surface area (Å²) in [5.41, 5.74) is 2.27. The molecule has 0 saturated heterocycles. The maximum absolute atomic E-state index is 12.4. The first-order valence-electron chi connectivity index (χ1n) is 8.52. The van der Waals surface area contributed by atoms with Crippen molar-refractivity contribution in [3.8, 4) is 11.3 Å². The van der Waals surface area contributed by atoms with E-state index in [1.807, 2.05) is 17.5 Å². The molecule has 1 aromatic carbocycles. The topological polar surface area (TPSA) is 100 Å². The number of halogens is 1. The van der Waals surface area contributed by atoms with Crippen LogP contribution in [0, 0.1) is 0 Å². The van der Waals surface area contributed by atoms with Gasteiger partial charge in [0, 0.05) is 23.6 Å². The van der Waals surface area contributed by atoms with Crippen molar-refractivity contribution in [2.45, 2.75) is 19.9 Å². The third-order valence-corrected chi connectivity index (χ3v) is 6.15. The SMILES string of the molecule is CC(=O)Nc1ccc(-c2csc(NC(=O)C(C)NC(=O)c3ccc(Br)s3)n2)cc1. The predicted octanol–water partition coefficient (Wildman–Crippen LogP) is 4.35. The molecule has 7 nitrogen and oxygen atoms in total. The Bertz CT molecular complexity index is 1050. The van der Waals surface area contributed by atoms with Gasteiger partial charge in [-0.25, -0.2) is 4.98 Å². The predicted molar refractivity (Wildman–Crippen MR) is 119 cm³/mol. The van der Waals surface area contributed by atoms with Gasteiger partial charge in [-0.2, -0.15) is 0 Å². The van der Waals surface area contributed by atoms with E-state index in [0.717, 1.165) is 9.35 Å². The molecule has 0 aliphatic rings. The van der Waals surface area contributed by atoms with Crippen molar-refractivity contribution in [2.24, 2.45) is 0 Å². The van der Waals surface area contributed by atoms with E-state index in [2.05, 4.69) is 36.9 Å². The summed E-state index contributed by atoms with van der Waals surface area (Å²) >= 11 is 5.90. The number of anilines is 2. The summed E-state index contributed by atoms with van der Waals surface area (Å²) < 4.78 is 0.847. The summed E-state index contributed by atoms with van der Waals surface area (Å²) in [5.74, 6) is -0.789. The Hall–Kier alpha value is -2.56. The first-order chi connectivity index (χ1) is 13.8. The van der Waals surface area contributed by atoms with Crippen molar-refractivity contribution in [1.29, 1.82) is 0 Å². The molecule has 3 aromatic rings. The summed E-state index contributed by atoms with van der Waals surface area (Å²) in [6.07, 6.45) is 0. The minimum absolute atomic E-state index is 0.135. The van der Waals surface area contributed by atoms with Gasteiger partial charge in [-0.1, -0.05) is 12.1 Å². The molecule has 3 rings (SSSR count). The highest BCUT2D eigenvalue weighted by Crippen LogP contribution is 2.26. The number of aromatic nitrogens is 1. The number of carbonyl (C=O) groups excluding carboxylic acids is 3. The minimum atomic E-state index is -0.715. The zero-order chi connectivity index (χ0) is 21.0. The van der Waals surface area contributed by atoms with Crippen molar-refractivity contribution >= 4 is 67.1 Å². The van der Waals surface area contributed by atoms with Gasteiger partial charge in [0.25, 0.3) is 5.91 Å². The number of rotatable bonds is 6. The fraction of sp³-hybridized carbons (Fsp3) is 0.158. The molecule has 0 fully saturated rings. The number of carbonyl (C=O) groups is 3. The second-order valence-electron chi connectivity index (χ2n) is 6.08. The normalized spacial score (nSPS) is 11.6. The summed E-state index contributed by atoms with van der Waals surface area (Å²) in [4.78, 5) is 40.6. The Labute approximate surface area is 183 Å². The number of hydrogen-bond donors (Lipinski definition) is 3. The van der Waals surface area contributed by atoms with Crippen LogP contribution in [0.4, 0.5) is 10.8 Å². The van der Waals surface area contributed by atoms with Crippen LogP contribution < -0.4 is 16.0 Å². The lowest BCUT2D eigenvalue weighted by Crippen LogP contribution is -2.41. The van der Waals surface area contributed by atoms with Gasteiger partial charge in [-0.3, -0.25) is 14.4 Å². The van der Waals surface area contributed by atoms with Crippen molar-refractivity contribution in [3.05, 3.63) is 50.4 Å². The van der Waals surface area contributed by atoms with Crippen LogP contribution in [0.2, 0.25) is 0 Å². The van der Waals surface area contributed by atoms with E-state index in [4.69, 9.17) is 0 Å². The molecule has 0 saturated carbocycles. The van der Waals surface area contributed by atoms with Gasteiger partial charge in [-0.05, 0) is 47.1 Å². The first-order valence-corrected chi connectivity index (χ1v) is 11.0. The van der Waals surface area contributed by atoms with Crippen LogP contribution in [-0.4, -0.2) is 28.7 Å². The third kappa shape index (κ3) is 5.72. The fourth-order valence-corrected chi connectivity index (χ4v) is 4.39. The monoisotopic (exact) mass is 492 g/mol. The van der Waals surface area contributed by atoms with Gasteiger partial charge in [0.1, 0.15) is 6.04 Å². The van der Waals surface area contributed by atoms with Crippen molar-refractivity contribution < 1.29 is 14.4 Å². The fourth-order valence-electron chi connectivity index (χ4n) is 2.37. The van der Waals surface area contributed by atoms with E-state index in [-0.39, 0.29) is 17.7 Å². The summed E-state index contributed by atoms with van der Waals surface area (Å²) in [6.45, 7) is 3.07. The standard InChI is InChI=1S/C19H17BrN4O3S2/c1-10(21-18(27)15-7-8-16(20)29-15)17(26)24-19-23-14(9-28-19)12-3-5-13(6-4-12)22-11(2)25/h3-10H,1-2H3,(H,21,27)(H,22,25)(H,23,24,26). The maximum Gasteiger partial charge on any atom is 0.262 e. The average Bonchev–Trinajstić information content (AvgIpc) is 3.31. The van der Waals surface area contributed by atoms with Crippen LogP contribution in [0.15, 0.2) is 45.6 Å². The maximum atomic E-state index is 12.4. The summed E-state index contributed by atoms with van der Waals surface area (Å²) in [5, 5.41) is 10.4. The minimum Gasteiger partial charge on any atom is -0.340 e. The summed E-state index contributed by atoms with van der Waals surface area (Å²) in [7, 11) is 0. The highest BCUT2D eigenvalue weighted by atomic mass is 79.9. The molecular weight excluding hydrogens is 476 g/mol. The van der Waals surface area contributed by atoms with Crippen LogP contribution in [0.1, 0.15) is 23.5 Å². The zero-order valence-electron chi connectivity index (χ0n) is 15.5. The molecule has 3 N–H and O–H groups in total. The number of amides is 3. The van der Waals surface area contributed by atoms with E-state index in [1.165, 1.54) is 29.6 Å². The largest absolute Gasteiger partial charge is 0.340 e. The van der Waals surface area contributed by atoms with Crippen LogP contribution in [0.5, 0.6) is 0 Å². The van der Waals surface area contributed by atoms with Crippen LogP contribution in [0.25, 0.3) is 11.3 Å². The second-order valence-corrected chi connectivity index (χ2v) is 9.41. The van der Waals surface area contributed by atoms with E-state index in [9.17, 15) is 14.4 Å². The molecule has 10 heteroatoms. The van der Waals surface area contributed by atoms with Crippen LogP contribution in [0.3, 0.4) is 0 Å². The number of thiophene rings is 1. The quantitative estimate of drug-likeness (QED) is 0.476. The van der Waals surface area contributed by atoms with E-state index >= 15 is 0 Å². The Morgan fingerprint density at radius 2 is 1.79 bits per heavy atom. The Balaban J connectivity index is 1.59. The van der Waals surface area contributed by atoms with E-state index in [1.54, 1.807) is 31.2 Å². The molecule has 29 heavy (non-hydrogen) atoms. The number of thiazole rings is 1. The van der Waals surface area contributed by atoms with Crippen molar-refractivity contribution in [1.82, 2.24) is 10.3 Å². The molecule has 0 aliphatic carbocycles. The van der Waals surface area contributed by atoms with Gasteiger partial charge in [0.2, 0.25) is 11.8 Å². The van der Waals surface area contributed by atoms with Crippen LogP contribution >= 0.6 is 38.6 Å². The van der Waals surface area contributed by atoms with Gasteiger partial charge in [0.05, 0.1) is 14.4 Å². The molecule has 0 bridgehead atoms. The highest BCUT2D eigenvalue weighted by molar-refractivity contribution is 9.11. The molecule has 2 heterocycles. The molecule has 1 unspecified atom stereocenters. The highest BCUT2D eigenvalue weighted by Gasteiger charge is 2.19. The lowest BCUT2D eigenvalue weighted by atomic mass is 10.1. The molecule has 150 valence electrons. The number of nitrogens with zero attached hydrogens (tertiary/aromatic N) is 1. The molecule has 2 aromatic heterocycles. The van der Waals surface area contributed by atoms with Gasteiger partial charge in [-0.15, -0.1) is 22.7 Å². The Morgan fingerprint density at radius 3 is 2.41 bits per heavy atom. The van der Waals surface area contributed by atoms with Gasteiger partial charge < -0.3 is 16.0 Å². The lowest BCUT2D eigenvalue weighted by molar-refractivity contribution is -0.117.